The number of benzene rings is 2. The van der Waals surface area contributed by atoms with E-state index in [-0.39, 0.29) is 6.04 Å². The quantitative estimate of drug-likeness (QED) is 0.782. The van der Waals surface area contributed by atoms with Crippen molar-refractivity contribution < 1.29 is 4.74 Å². The van der Waals surface area contributed by atoms with Crippen molar-refractivity contribution in [2.24, 2.45) is 0 Å². The van der Waals surface area contributed by atoms with Crippen LogP contribution in [0.1, 0.15) is 23.7 Å². The zero-order valence-corrected chi connectivity index (χ0v) is 15.2. The lowest BCUT2D eigenvalue weighted by Gasteiger charge is -2.30. The predicted molar refractivity (Wildman–Crippen MR) is 106 cm³/mol. The van der Waals surface area contributed by atoms with Gasteiger partial charge >= 0.3 is 0 Å². The minimum atomic E-state index is 0.158. The largest absolute Gasteiger partial charge is 0.497 e. The third-order valence-corrected chi connectivity index (χ3v) is 5.07. The molecule has 4 nitrogen and oxygen atoms in total. The topological polar surface area (TPSA) is 37.4 Å². The summed E-state index contributed by atoms with van der Waals surface area (Å²) in [6.07, 6.45) is 1.15. The number of hydrogen-bond donors (Lipinski definition) is 1. The van der Waals surface area contributed by atoms with E-state index in [9.17, 15) is 0 Å². The van der Waals surface area contributed by atoms with Crippen LogP contribution < -0.4 is 10.1 Å². The van der Waals surface area contributed by atoms with E-state index in [0.29, 0.717) is 0 Å². The maximum Gasteiger partial charge on any atom is 0.118 e. The molecule has 1 saturated heterocycles. The van der Waals surface area contributed by atoms with Gasteiger partial charge in [-0.15, -0.1) is 0 Å². The Bertz CT molecular complexity index is 855. The van der Waals surface area contributed by atoms with E-state index in [1.165, 1.54) is 10.9 Å². The van der Waals surface area contributed by atoms with Crippen LogP contribution in [0.3, 0.4) is 0 Å². The molecule has 0 saturated carbocycles. The van der Waals surface area contributed by atoms with Crippen molar-refractivity contribution in [1.82, 2.24) is 15.2 Å². The fourth-order valence-electron chi connectivity index (χ4n) is 3.71. The predicted octanol–water partition coefficient (Wildman–Crippen LogP) is 3.63. The molecule has 134 valence electrons. The second-order valence-corrected chi connectivity index (χ2v) is 6.74. The van der Waals surface area contributed by atoms with Crippen LogP contribution in [-0.4, -0.2) is 43.2 Å². The van der Waals surface area contributed by atoms with Crippen LogP contribution in [-0.2, 0) is 0 Å². The summed E-state index contributed by atoms with van der Waals surface area (Å²) < 4.78 is 5.34. The molecule has 1 aliphatic rings. The van der Waals surface area contributed by atoms with E-state index < -0.39 is 0 Å². The van der Waals surface area contributed by atoms with Gasteiger partial charge in [0, 0.05) is 25.0 Å². The Morgan fingerprint density at radius 3 is 2.65 bits per heavy atom. The molecule has 4 heteroatoms. The molecule has 4 rings (SSSR count). The Morgan fingerprint density at radius 2 is 1.81 bits per heavy atom. The molecule has 1 aromatic heterocycles. The number of fused-ring (bicyclic) bond motifs is 1. The first-order valence-corrected chi connectivity index (χ1v) is 9.29. The van der Waals surface area contributed by atoms with Crippen LogP contribution in [0.4, 0.5) is 0 Å². The van der Waals surface area contributed by atoms with Gasteiger partial charge in [0.25, 0.3) is 0 Å². The summed E-state index contributed by atoms with van der Waals surface area (Å²) in [6, 6.07) is 21.3. The molecule has 2 aromatic carbocycles. The Balaban J connectivity index is 1.76. The Morgan fingerprint density at radius 1 is 0.962 bits per heavy atom. The maximum atomic E-state index is 5.34. The zero-order valence-electron chi connectivity index (χ0n) is 15.2. The summed E-state index contributed by atoms with van der Waals surface area (Å²) in [5.41, 5.74) is 3.42. The lowest BCUT2D eigenvalue weighted by atomic mass is 10.00. The molecule has 1 aliphatic heterocycles. The normalized spacial score (nSPS) is 17.0. The number of methoxy groups -OCH3 is 1. The fourth-order valence-corrected chi connectivity index (χ4v) is 3.71. The number of nitrogens with zero attached hydrogens (tertiary/aromatic N) is 2. The Labute approximate surface area is 154 Å². The number of pyridine rings is 1. The molecule has 0 amide bonds. The van der Waals surface area contributed by atoms with Gasteiger partial charge in [-0.2, -0.15) is 0 Å². The van der Waals surface area contributed by atoms with Crippen molar-refractivity contribution in [3.8, 4) is 5.75 Å². The maximum absolute atomic E-state index is 5.34. The summed E-state index contributed by atoms with van der Waals surface area (Å²) >= 11 is 0. The average molecular weight is 347 g/mol. The van der Waals surface area contributed by atoms with Crippen LogP contribution >= 0.6 is 0 Å². The molecule has 0 bridgehead atoms. The average Bonchev–Trinajstić information content (AvgIpc) is 2.98. The first kappa shape index (κ1) is 17.0. The number of hydrogen-bond acceptors (Lipinski definition) is 4. The SMILES string of the molecule is COc1ccc(C(c2ccc3ccccc3n2)N2CCCNCC2)cc1. The molecular weight excluding hydrogens is 322 g/mol. The smallest absolute Gasteiger partial charge is 0.118 e. The highest BCUT2D eigenvalue weighted by Crippen LogP contribution is 2.30. The molecule has 3 aromatic rings. The number of nitrogens with one attached hydrogen (secondary N) is 1. The van der Waals surface area contributed by atoms with Gasteiger partial charge in [-0.25, -0.2) is 0 Å². The molecule has 0 radical (unpaired) electrons. The molecule has 26 heavy (non-hydrogen) atoms. The second-order valence-electron chi connectivity index (χ2n) is 6.74. The first-order valence-electron chi connectivity index (χ1n) is 9.29. The Kier molecular flexibility index (Phi) is 5.14. The van der Waals surface area contributed by atoms with E-state index in [2.05, 4.69) is 58.7 Å². The van der Waals surface area contributed by atoms with Gasteiger partial charge in [0.15, 0.2) is 0 Å². The number of para-hydroxylation sites is 1. The van der Waals surface area contributed by atoms with E-state index in [0.717, 1.165) is 49.6 Å². The van der Waals surface area contributed by atoms with Gasteiger partial charge in [-0.05, 0) is 42.8 Å². The molecule has 2 heterocycles. The molecule has 1 fully saturated rings. The lowest BCUT2D eigenvalue weighted by Crippen LogP contribution is -2.33. The lowest BCUT2D eigenvalue weighted by molar-refractivity contribution is 0.237. The zero-order chi connectivity index (χ0) is 17.8. The first-order chi connectivity index (χ1) is 12.8. The number of rotatable bonds is 4. The van der Waals surface area contributed by atoms with Gasteiger partial charge in [-0.1, -0.05) is 36.4 Å². The highest BCUT2D eigenvalue weighted by molar-refractivity contribution is 5.78. The third kappa shape index (κ3) is 3.57. The third-order valence-electron chi connectivity index (χ3n) is 5.07. The summed E-state index contributed by atoms with van der Waals surface area (Å²) in [5.74, 6) is 0.886. The number of ether oxygens (including phenoxy) is 1. The van der Waals surface area contributed by atoms with Gasteiger partial charge < -0.3 is 10.1 Å². The van der Waals surface area contributed by atoms with Crippen molar-refractivity contribution >= 4 is 10.9 Å². The van der Waals surface area contributed by atoms with Crippen molar-refractivity contribution in [3.63, 3.8) is 0 Å². The van der Waals surface area contributed by atoms with Crippen LogP contribution in [0.5, 0.6) is 5.75 Å². The van der Waals surface area contributed by atoms with E-state index in [1.54, 1.807) is 7.11 Å². The van der Waals surface area contributed by atoms with Crippen LogP contribution in [0.2, 0.25) is 0 Å². The van der Waals surface area contributed by atoms with Crippen molar-refractivity contribution in [3.05, 3.63) is 71.9 Å². The minimum Gasteiger partial charge on any atom is -0.497 e. The molecule has 0 spiro atoms. The van der Waals surface area contributed by atoms with E-state index >= 15 is 0 Å². The molecule has 1 unspecified atom stereocenters. The highest BCUT2D eigenvalue weighted by Gasteiger charge is 2.24. The van der Waals surface area contributed by atoms with Crippen LogP contribution in [0.25, 0.3) is 10.9 Å². The van der Waals surface area contributed by atoms with Crippen LogP contribution in [0, 0.1) is 0 Å². The highest BCUT2D eigenvalue weighted by atomic mass is 16.5. The summed E-state index contributed by atoms with van der Waals surface area (Å²) in [5, 5.41) is 4.68. The molecule has 0 aliphatic carbocycles. The van der Waals surface area contributed by atoms with Gasteiger partial charge in [0.2, 0.25) is 0 Å². The standard InChI is InChI=1S/C22H25N3O/c1-26-19-10-7-18(8-11-19)22(25-15-4-13-23-14-16-25)21-12-9-17-5-2-3-6-20(17)24-21/h2-3,5-12,22-23H,4,13-16H2,1H3. The monoisotopic (exact) mass is 347 g/mol. The summed E-state index contributed by atoms with van der Waals surface area (Å²) in [4.78, 5) is 7.55. The Hall–Kier alpha value is -2.43. The number of aromatic nitrogens is 1. The van der Waals surface area contributed by atoms with E-state index in [1.807, 2.05) is 12.1 Å². The fraction of sp³-hybridized carbons (Fsp3) is 0.318. The second kappa shape index (κ2) is 7.85. The van der Waals surface area contributed by atoms with Gasteiger partial charge in [0.1, 0.15) is 5.75 Å². The van der Waals surface area contributed by atoms with Crippen molar-refractivity contribution in [1.29, 1.82) is 0 Å². The molecule has 1 atom stereocenters. The van der Waals surface area contributed by atoms with Gasteiger partial charge in [0.05, 0.1) is 24.4 Å². The molecule has 1 N–H and O–H groups in total. The van der Waals surface area contributed by atoms with E-state index in [4.69, 9.17) is 9.72 Å². The summed E-state index contributed by atoms with van der Waals surface area (Å²) in [7, 11) is 1.71. The van der Waals surface area contributed by atoms with Crippen molar-refractivity contribution in [2.75, 3.05) is 33.3 Å². The summed E-state index contributed by atoms with van der Waals surface area (Å²) in [6.45, 7) is 4.18. The van der Waals surface area contributed by atoms with Crippen LogP contribution in [0.15, 0.2) is 60.7 Å². The van der Waals surface area contributed by atoms with Crippen molar-refractivity contribution in [2.45, 2.75) is 12.5 Å². The minimum absolute atomic E-state index is 0.158. The molecular formula is C22H25N3O. The van der Waals surface area contributed by atoms with Gasteiger partial charge in [-0.3, -0.25) is 9.88 Å².